The maximum Gasteiger partial charge on any atom is 0.271 e. The molecular weight excluding hydrogens is 673 g/mol. The number of methoxy groups -OCH3 is 2. The number of fused-ring (bicyclic) bond motifs is 1. The summed E-state index contributed by atoms with van der Waals surface area (Å²) in [4.78, 5) is 38.0. The number of hydrogen-bond acceptors (Lipinski definition) is 11. The average Bonchev–Trinajstić information content (AvgIpc) is 3.91. The number of nitrogens with zero attached hydrogens (tertiary/aromatic N) is 6. The lowest BCUT2D eigenvalue weighted by atomic mass is 9.79. The van der Waals surface area contributed by atoms with Crippen LogP contribution in [0.5, 0.6) is 11.5 Å². The number of oxazole rings is 1. The number of aromatic nitrogens is 1. The third-order valence-electron chi connectivity index (χ3n) is 10.1. The van der Waals surface area contributed by atoms with Gasteiger partial charge in [0.05, 0.1) is 48.7 Å². The highest BCUT2D eigenvalue weighted by Gasteiger charge is 2.63. The first-order valence-corrected chi connectivity index (χ1v) is 18.2. The van der Waals surface area contributed by atoms with Crippen molar-refractivity contribution in [2.75, 3.05) is 51.2 Å². The Labute approximate surface area is 296 Å². The first kappa shape index (κ1) is 34.2. The van der Waals surface area contributed by atoms with Gasteiger partial charge in [-0.05, 0) is 73.0 Å². The van der Waals surface area contributed by atoms with Crippen LogP contribution >= 0.6 is 0 Å². The van der Waals surface area contributed by atoms with Gasteiger partial charge in [-0.25, -0.2) is 17.7 Å². The molecule has 2 atom stereocenters. The molecule has 2 amide bonds. The van der Waals surface area contributed by atoms with E-state index >= 15 is 4.79 Å². The molecule has 14 heteroatoms. The summed E-state index contributed by atoms with van der Waals surface area (Å²) < 4.78 is 47.2. The van der Waals surface area contributed by atoms with Crippen LogP contribution in [0.2, 0.25) is 0 Å². The van der Waals surface area contributed by atoms with E-state index in [2.05, 4.69) is 16.0 Å². The Morgan fingerprint density at radius 2 is 1.76 bits per heavy atom. The van der Waals surface area contributed by atoms with Crippen LogP contribution in [-0.4, -0.2) is 86.9 Å². The first-order valence-electron chi connectivity index (χ1n) is 16.7. The summed E-state index contributed by atoms with van der Waals surface area (Å²) in [5.74, 6) is 0.549. The van der Waals surface area contributed by atoms with E-state index < -0.39 is 27.5 Å². The van der Waals surface area contributed by atoms with Crippen LogP contribution < -0.4 is 13.8 Å². The minimum Gasteiger partial charge on any atom is -0.497 e. The number of rotatable bonds is 9. The van der Waals surface area contributed by atoms with Gasteiger partial charge in [0.15, 0.2) is 5.54 Å². The van der Waals surface area contributed by atoms with Gasteiger partial charge in [-0.1, -0.05) is 6.07 Å². The molecule has 4 aromatic rings. The van der Waals surface area contributed by atoms with Crippen LogP contribution in [-0.2, 0) is 31.7 Å². The molecule has 1 unspecified atom stereocenters. The summed E-state index contributed by atoms with van der Waals surface area (Å²) in [6.07, 6.45) is 4.29. The van der Waals surface area contributed by atoms with E-state index in [0.29, 0.717) is 80.6 Å². The zero-order valence-electron chi connectivity index (χ0n) is 28.6. The number of anilines is 1. The van der Waals surface area contributed by atoms with Crippen LogP contribution in [0.25, 0.3) is 0 Å². The summed E-state index contributed by atoms with van der Waals surface area (Å²) in [7, 11) is -1.49. The van der Waals surface area contributed by atoms with E-state index in [1.165, 1.54) is 56.9 Å². The Balaban J connectivity index is 1.45. The van der Waals surface area contributed by atoms with Gasteiger partial charge in [0.25, 0.3) is 15.9 Å². The molecule has 3 aliphatic heterocycles. The predicted molar refractivity (Wildman–Crippen MR) is 185 cm³/mol. The van der Waals surface area contributed by atoms with Crippen molar-refractivity contribution in [1.29, 1.82) is 5.26 Å². The van der Waals surface area contributed by atoms with Crippen LogP contribution in [0.1, 0.15) is 54.0 Å². The quantitative estimate of drug-likeness (QED) is 0.248. The van der Waals surface area contributed by atoms with Crippen molar-refractivity contribution in [1.82, 2.24) is 19.7 Å². The largest absolute Gasteiger partial charge is 0.497 e. The molecule has 0 spiro atoms. The number of benzene rings is 3. The second kappa shape index (κ2) is 13.5. The molecule has 2 saturated heterocycles. The number of amides is 2. The van der Waals surface area contributed by atoms with E-state index in [-0.39, 0.29) is 22.1 Å². The maximum atomic E-state index is 15.6. The van der Waals surface area contributed by atoms with E-state index in [9.17, 15) is 18.5 Å². The highest BCUT2D eigenvalue weighted by atomic mass is 32.2. The van der Waals surface area contributed by atoms with Crippen molar-refractivity contribution in [2.45, 2.75) is 42.8 Å². The van der Waals surface area contributed by atoms with E-state index in [0.717, 1.165) is 9.87 Å². The Bertz CT molecular complexity index is 2110. The topological polar surface area (TPSA) is 150 Å². The van der Waals surface area contributed by atoms with Gasteiger partial charge in [-0.2, -0.15) is 5.26 Å². The lowest BCUT2D eigenvalue weighted by Gasteiger charge is -2.41. The zero-order valence-corrected chi connectivity index (χ0v) is 29.4. The van der Waals surface area contributed by atoms with Crippen molar-refractivity contribution in [3.63, 3.8) is 0 Å². The Morgan fingerprint density at radius 3 is 2.41 bits per heavy atom. The maximum absolute atomic E-state index is 15.6. The summed E-state index contributed by atoms with van der Waals surface area (Å²) >= 11 is 0. The average molecular weight is 711 g/mol. The Morgan fingerprint density at radius 1 is 1.00 bits per heavy atom. The van der Waals surface area contributed by atoms with Crippen LogP contribution in [0.15, 0.2) is 82.4 Å². The van der Waals surface area contributed by atoms with Crippen LogP contribution in [0, 0.1) is 11.3 Å². The Kier molecular flexibility index (Phi) is 9.05. The molecular formula is C37H38N6O7S. The fourth-order valence-corrected chi connectivity index (χ4v) is 9.13. The second-order valence-electron chi connectivity index (χ2n) is 12.8. The van der Waals surface area contributed by atoms with Crippen LogP contribution in [0.3, 0.4) is 0 Å². The molecule has 1 aromatic heterocycles. The van der Waals surface area contributed by atoms with Crippen molar-refractivity contribution in [3.05, 3.63) is 101 Å². The van der Waals surface area contributed by atoms with Gasteiger partial charge < -0.3 is 18.8 Å². The second-order valence-corrected chi connectivity index (χ2v) is 14.6. The first-order chi connectivity index (χ1) is 24.6. The number of hydrogen-bond donors (Lipinski definition) is 0. The minimum atomic E-state index is -4.49. The predicted octanol–water partition coefficient (Wildman–Crippen LogP) is 4.04. The van der Waals surface area contributed by atoms with Crippen molar-refractivity contribution in [3.8, 4) is 17.6 Å². The number of nitriles is 1. The monoisotopic (exact) mass is 710 g/mol. The molecule has 264 valence electrons. The summed E-state index contributed by atoms with van der Waals surface area (Å²) in [6, 6.07) is 17.8. The number of carbonyl (C=O) groups is 2. The lowest BCUT2D eigenvalue weighted by molar-refractivity contribution is -0.130. The molecule has 0 radical (unpaired) electrons. The Hall–Kier alpha value is -5.23. The third-order valence-corrected chi connectivity index (χ3v) is 11.8. The van der Waals surface area contributed by atoms with E-state index in [1.54, 1.807) is 25.3 Å². The van der Waals surface area contributed by atoms with E-state index in [1.807, 2.05) is 21.9 Å². The van der Waals surface area contributed by atoms with Gasteiger partial charge in [-0.3, -0.25) is 19.4 Å². The molecule has 3 aromatic carbocycles. The van der Waals surface area contributed by atoms with Gasteiger partial charge in [-0.15, -0.1) is 0 Å². The highest BCUT2D eigenvalue weighted by molar-refractivity contribution is 7.93. The van der Waals surface area contributed by atoms with Crippen LogP contribution in [0.4, 0.5) is 5.69 Å². The molecule has 3 aliphatic rings. The fraction of sp³-hybridized carbons (Fsp3) is 0.351. The number of carbonyl (C=O) groups excluding carboxylic acids is 2. The fourth-order valence-electron chi connectivity index (χ4n) is 7.67. The summed E-state index contributed by atoms with van der Waals surface area (Å²) in [5.41, 5.74) is 0.285. The smallest absolute Gasteiger partial charge is 0.271 e. The number of sulfonamides is 1. The van der Waals surface area contributed by atoms with Gasteiger partial charge >= 0.3 is 0 Å². The molecule has 0 bridgehead atoms. The molecule has 0 saturated carbocycles. The van der Waals surface area contributed by atoms with Crippen molar-refractivity contribution >= 4 is 27.5 Å². The standard InChI is InChI=1S/C37H38N6O7S/c1-25(44)41-18-16-40(17-19-41)24-27-7-13-34(49-3)31(22-27)37(42-15-4-5-33(42)35-39-14-20-50-35)30-21-26(23-38)6-12-32(30)43(36(37)45)51(46,47)29-10-8-28(48-2)9-11-29/h6-14,20-22,33H,4-5,15-19,24H2,1-3H3/t33-,37?/m0/s1. The third kappa shape index (κ3) is 5.71. The molecule has 7 rings (SSSR count). The molecule has 2 fully saturated rings. The summed E-state index contributed by atoms with van der Waals surface area (Å²) in [6.45, 7) is 5.04. The molecule has 0 aliphatic carbocycles. The van der Waals surface area contributed by atoms with Crippen molar-refractivity contribution in [2.24, 2.45) is 0 Å². The number of likely N-dealkylation sites (tertiary alicyclic amines) is 1. The number of ether oxygens (including phenoxy) is 2. The lowest BCUT2D eigenvalue weighted by Crippen LogP contribution is -2.54. The molecule has 0 N–H and O–H groups in total. The van der Waals surface area contributed by atoms with E-state index in [4.69, 9.17) is 13.9 Å². The SMILES string of the molecule is COc1ccc(S(=O)(=O)N2C(=O)C(c3cc(CN4CCN(C(C)=O)CC4)ccc3OC)(N3CCC[C@H]3c3ncco3)c3cc(C#N)ccc32)cc1. The summed E-state index contributed by atoms with van der Waals surface area (Å²) in [5, 5.41) is 10.1. The number of piperazine rings is 1. The minimum absolute atomic E-state index is 0.0406. The molecule has 4 heterocycles. The highest BCUT2D eigenvalue weighted by Crippen LogP contribution is 2.56. The van der Waals surface area contributed by atoms with Gasteiger partial charge in [0.2, 0.25) is 11.8 Å². The molecule has 13 nitrogen and oxygen atoms in total. The van der Waals surface area contributed by atoms with Gasteiger partial charge in [0, 0.05) is 57.3 Å². The van der Waals surface area contributed by atoms with Crippen molar-refractivity contribution < 1.29 is 31.9 Å². The normalized spacial score (nSPS) is 21.1. The molecule has 51 heavy (non-hydrogen) atoms. The zero-order chi connectivity index (χ0) is 35.9. The van der Waals surface area contributed by atoms with Gasteiger partial charge in [0.1, 0.15) is 17.8 Å².